The maximum Gasteiger partial charge on any atom is 0.313 e. The number of hydrazine groups is 1. The summed E-state index contributed by atoms with van der Waals surface area (Å²) in [5.74, 6) is 4.80. The summed E-state index contributed by atoms with van der Waals surface area (Å²) in [6.07, 6.45) is 0. The number of anilines is 1. The van der Waals surface area contributed by atoms with Crippen LogP contribution in [0.1, 0.15) is 5.69 Å². The lowest BCUT2D eigenvalue weighted by molar-refractivity contribution is -0.386. The molecule has 0 aliphatic heterocycles. The second-order valence-electron chi connectivity index (χ2n) is 3.93. The normalized spacial score (nSPS) is 10.2. The van der Waals surface area contributed by atoms with E-state index in [2.05, 4.69) is 10.4 Å². The molecule has 0 saturated carbocycles. The van der Waals surface area contributed by atoms with Crippen LogP contribution >= 0.6 is 11.6 Å². The molecule has 1 aromatic heterocycles. The van der Waals surface area contributed by atoms with Crippen molar-refractivity contribution in [3.8, 4) is 5.75 Å². The topological polar surface area (TPSA) is 103 Å². The van der Waals surface area contributed by atoms with Gasteiger partial charge in [0.05, 0.1) is 21.7 Å². The van der Waals surface area contributed by atoms with Gasteiger partial charge in [-0.2, -0.15) is 0 Å². The number of pyridine rings is 1. The van der Waals surface area contributed by atoms with Crippen molar-refractivity contribution in [2.45, 2.75) is 6.61 Å². The number of aromatic nitrogens is 1. The minimum Gasteiger partial charge on any atom is -0.480 e. The molecular formula is C12H10ClFN4O3. The molecule has 0 unspecified atom stereocenters. The number of halogens is 2. The van der Waals surface area contributed by atoms with Gasteiger partial charge in [-0.25, -0.2) is 15.2 Å². The number of nitro groups is 1. The van der Waals surface area contributed by atoms with E-state index in [9.17, 15) is 14.5 Å². The fourth-order valence-corrected chi connectivity index (χ4v) is 1.73. The van der Waals surface area contributed by atoms with E-state index in [4.69, 9.17) is 22.2 Å². The third-order valence-electron chi connectivity index (χ3n) is 2.55. The highest BCUT2D eigenvalue weighted by atomic mass is 35.5. The van der Waals surface area contributed by atoms with Crippen LogP contribution in [0.2, 0.25) is 5.02 Å². The first-order valence-corrected chi connectivity index (χ1v) is 6.08. The number of nitrogens with zero attached hydrogens (tertiary/aromatic N) is 2. The summed E-state index contributed by atoms with van der Waals surface area (Å²) in [5.41, 5.74) is 2.21. The Morgan fingerprint density at radius 2 is 2.19 bits per heavy atom. The number of nitrogens with two attached hydrogens (primary N) is 1. The zero-order valence-electron chi connectivity index (χ0n) is 10.5. The van der Waals surface area contributed by atoms with Crippen LogP contribution in [0.5, 0.6) is 5.75 Å². The van der Waals surface area contributed by atoms with Gasteiger partial charge in [0.15, 0.2) is 5.75 Å². The fourth-order valence-electron chi connectivity index (χ4n) is 1.57. The average Bonchev–Trinajstić information content (AvgIpc) is 2.47. The van der Waals surface area contributed by atoms with E-state index in [1.807, 2.05) is 0 Å². The Kier molecular flexibility index (Phi) is 4.51. The van der Waals surface area contributed by atoms with Crippen LogP contribution in [0.25, 0.3) is 0 Å². The van der Waals surface area contributed by atoms with Crippen LogP contribution in [0.3, 0.4) is 0 Å². The van der Waals surface area contributed by atoms with Crippen molar-refractivity contribution in [2.24, 2.45) is 5.84 Å². The van der Waals surface area contributed by atoms with E-state index in [1.54, 1.807) is 12.1 Å². The maximum absolute atomic E-state index is 13.0. The molecule has 1 heterocycles. The number of nitrogens with one attached hydrogen (secondary N) is 1. The molecule has 0 spiro atoms. The van der Waals surface area contributed by atoms with Gasteiger partial charge in [0.2, 0.25) is 0 Å². The molecule has 2 rings (SSSR count). The second kappa shape index (κ2) is 6.33. The first-order chi connectivity index (χ1) is 10.0. The van der Waals surface area contributed by atoms with Crippen molar-refractivity contribution >= 4 is 23.1 Å². The summed E-state index contributed by atoms with van der Waals surface area (Å²) >= 11 is 5.94. The minimum absolute atomic E-state index is 0.0784. The first kappa shape index (κ1) is 14.9. The number of hydrogen-bond acceptors (Lipinski definition) is 6. The molecule has 0 radical (unpaired) electrons. The predicted octanol–water partition coefficient (Wildman–Crippen LogP) is 2.65. The number of rotatable bonds is 5. The van der Waals surface area contributed by atoms with E-state index >= 15 is 0 Å². The van der Waals surface area contributed by atoms with Crippen LogP contribution in [0.4, 0.5) is 15.9 Å². The van der Waals surface area contributed by atoms with Gasteiger partial charge in [-0.05, 0) is 24.3 Å². The average molecular weight is 313 g/mol. The van der Waals surface area contributed by atoms with Crippen molar-refractivity contribution in [3.05, 3.63) is 57.0 Å². The van der Waals surface area contributed by atoms with E-state index in [0.29, 0.717) is 16.5 Å². The van der Waals surface area contributed by atoms with Crippen LogP contribution in [-0.2, 0) is 6.61 Å². The van der Waals surface area contributed by atoms with E-state index in [0.717, 1.165) is 12.1 Å². The monoisotopic (exact) mass is 312 g/mol. The Morgan fingerprint density at radius 3 is 2.86 bits per heavy atom. The van der Waals surface area contributed by atoms with E-state index < -0.39 is 16.4 Å². The molecule has 7 nitrogen and oxygen atoms in total. The van der Waals surface area contributed by atoms with Crippen LogP contribution < -0.4 is 16.0 Å². The van der Waals surface area contributed by atoms with Crippen molar-refractivity contribution in [1.29, 1.82) is 0 Å². The van der Waals surface area contributed by atoms with Gasteiger partial charge in [-0.15, -0.1) is 0 Å². The number of nitrogen functional groups attached to an aromatic ring is 1. The molecule has 2 aromatic rings. The van der Waals surface area contributed by atoms with Crippen molar-refractivity contribution in [1.82, 2.24) is 4.98 Å². The molecule has 0 saturated heterocycles. The smallest absolute Gasteiger partial charge is 0.313 e. The van der Waals surface area contributed by atoms with Crippen molar-refractivity contribution in [2.75, 3.05) is 5.43 Å². The molecule has 110 valence electrons. The van der Waals surface area contributed by atoms with Crippen LogP contribution in [0.15, 0.2) is 30.3 Å². The standard InChI is InChI=1S/C12H10ClFN4O3/c13-8-2-4-12(17-15)16-9(8)6-21-11-3-1-7(14)5-10(11)18(19)20/h1-5H,6,15H2,(H,16,17). The molecule has 1 aromatic carbocycles. The summed E-state index contributed by atoms with van der Waals surface area (Å²) in [4.78, 5) is 14.2. The quantitative estimate of drug-likeness (QED) is 0.500. The summed E-state index contributed by atoms with van der Waals surface area (Å²) < 4.78 is 18.3. The Hall–Kier alpha value is -2.45. The largest absolute Gasteiger partial charge is 0.480 e. The summed E-state index contributed by atoms with van der Waals surface area (Å²) in [6, 6.07) is 6.14. The highest BCUT2D eigenvalue weighted by Gasteiger charge is 2.17. The van der Waals surface area contributed by atoms with Gasteiger partial charge in [-0.1, -0.05) is 11.6 Å². The molecule has 3 N–H and O–H groups in total. The third-order valence-corrected chi connectivity index (χ3v) is 2.89. The molecule has 0 amide bonds. The van der Waals surface area contributed by atoms with Crippen molar-refractivity contribution < 1.29 is 14.1 Å². The van der Waals surface area contributed by atoms with Gasteiger partial charge in [-0.3, -0.25) is 10.1 Å². The van der Waals surface area contributed by atoms with Crippen molar-refractivity contribution in [3.63, 3.8) is 0 Å². The Bertz CT molecular complexity index is 684. The highest BCUT2D eigenvalue weighted by Crippen LogP contribution is 2.28. The zero-order valence-corrected chi connectivity index (χ0v) is 11.3. The lowest BCUT2D eigenvalue weighted by Crippen LogP contribution is -2.10. The summed E-state index contributed by atoms with van der Waals surface area (Å²) in [6.45, 7) is -0.124. The van der Waals surface area contributed by atoms with Crippen LogP contribution in [-0.4, -0.2) is 9.91 Å². The van der Waals surface area contributed by atoms with Gasteiger partial charge < -0.3 is 10.2 Å². The van der Waals surface area contributed by atoms with Gasteiger partial charge in [0.25, 0.3) is 0 Å². The third kappa shape index (κ3) is 3.56. The number of nitro benzene ring substituents is 1. The minimum atomic E-state index is -0.731. The van der Waals surface area contributed by atoms with Crippen LogP contribution in [0, 0.1) is 15.9 Å². The maximum atomic E-state index is 13.0. The molecule has 0 aliphatic rings. The predicted molar refractivity (Wildman–Crippen MR) is 74.4 cm³/mol. The highest BCUT2D eigenvalue weighted by molar-refractivity contribution is 6.31. The summed E-state index contributed by atoms with van der Waals surface area (Å²) in [7, 11) is 0. The molecular weight excluding hydrogens is 303 g/mol. The van der Waals surface area contributed by atoms with E-state index in [-0.39, 0.29) is 12.4 Å². The Morgan fingerprint density at radius 1 is 1.43 bits per heavy atom. The first-order valence-electron chi connectivity index (χ1n) is 5.70. The fraction of sp³-hybridized carbons (Fsp3) is 0.0833. The number of ether oxygens (including phenoxy) is 1. The molecule has 21 heavy (non-hydrogen) atoms. The van der Waals surface area contributed by atoms with Gasteiger partial charge >= 0.3 is 5.69 Å². The lowest BCUT2D eigenvalue weighted by Gasteiger charge is -2.09. The number of benzene rings is 1. The molecule has 0 fully saturated rings. The zero-order chi connectivity index (χ0) is 15.4. The second-order valence-corrected chi connectivity index (χ2v) is 4.33. The summed E-state index contributed by atoms with van der Waals surface area (Å²) in [5, 5.41) is 11.2. The molecule has 9 heteroatoms. The Labute approximate surface area is 123 Å². The molecule has 0 atom stereocenters. The molecule has 0 aliphatic carbocycles. The SMILES string of the molecule is NNc1ccc(Cl)c(COc2ccc(F)cc2[N+](=O)[O-])n1. The van der Waals surface area contributed by atoms with E-state index in [1.165, 1.54) is 6.07 Å². The molecule has 0 bridgehead atoms. The number of hydrogen-bond donors (Lipinski definition) is 2. The van der Waals surface area contributed by atoms with Gasteiger partial charge in [0, 0.05) is 0 Å². The lowest BCUT2D eigenvalue weighted by atomic mass is 10.3. The Balaban J connectivity index is 2.22. The van der Waals surface area contributed by atoms with Gasteiger partial charge in [0.1, 0.15) is 18.2 Å².